The van der Waals surface area contributed by atoms with E-state index < -0.39 is 11.9 Å². The second kappa shape index (κ2) is 9.57. The molecule has 0 saturated heterocycles. The number of ether oxygens (including phenoxy) is 2. The predicted octanol–water partition coefficient (Wildman–Crippen LogP) is 5.02. The fraction of sp³-hybridized carbons (Fsp3) is 0.278. The van der Waals surface area contributed by atoms with E-state index in [9.17, 15) is 14.7 Å². The molecule has 1 amide bonds. The number of carbonyl (C=O) groups excluding carboxylic acids is 2. The molecule has 1 N–H and O–H groups in total. The summed E-state index contributed by atoms with van der Waals surface area (Å²) in [5, 5.41) is 10.7. The van der Waals surface area contributed by atoms with Crippen LogP contribution in [0.25, 0.3) is 6.08 Å². The molecule has 0 fully saturated rings. The third kappa shape index (κ3) is 5.03. The number of carbonyl (C=O) groups is 2. The zero-order valence-corrected chi connectivity index (χ0v) is 18.8. The summed E-state index contributed by atoms with van der Waals surface area (Å²) in [4.78, 5) is 28.3. The molecule has 0 bridgehead atoms. The van der Waals surface area contributed by atoms with Gasteiger partial charge in [-0.05, 0) is 41.1 Å². The number of nitrogens with zero attached hydrogens (tertiary/aromatic N) is 1. The molecule has 9 heteroatoms. The summed E-state index contributed by atoms with van der Waals surface area (Å²) in [6.45, 7) is 3.47. The van der Waals surface area contributed by atoms with Crippen LogP contribution in [0, 0.1) is 0 Å². The average Bonchev–Trinajstić information content (AvgIpc) is 2.90. The average molecular weight is 519 g/mol. The van der Waals surface area contributed by atoms with Crippen LogP contribution in [0.1, 0.15) is 25.8 Å². The van der Waals surface area contributed by atoms with E-state index in [0.717, 1.165) is 20.7 Å². The minimum absolute atomic E-state index is 0.108. The van der Waals surface area contributed by atoms with Gasteiger partial charge in [0.1, 0.15) is 22.1 Å². The molecule has 2 rings (SSSR count). The molecule has 1 heterocycles. The van der Waals surface area contributed by atoms with Crippen molar-refractivity contribution < 1.29 is 24.2 Å². The van der Waals surface area contributed by atoms with Crippen molar-refractivity contribution in [2.24, 2.45) is 4.99 Å². The van der Waals surface area contributed by atoms with Gasteiger partial charge in [0.05, 0.1) is 23.1 Å². The molecule has 1 aliphatic rings. The van der Waals surface area contributed by atoms with E-state index in [1.54, 1.807) is 26.0 Å². The first-order valence-electron chi connectivity index (χ1n) is 7.97. The van der Waals surface area contributed by atoms with Crippen molar-refractivity contribution in [1.29, 1.82) is 0 Å². The van der Waals surface area contributed by atoms with Crippen molar-refractivity contribution in [3.05, 3.63) is 42.9 Å². The van der Waals surface area contributed by atoms with Crippen LogP contribution >= 0.6 is 43.6 Å². The molecule has 0 atom stereocenters. The van der Waals surface area contributed by atoms with Gasteiger partial charge in [0.25, 0.3) is 0 Å². The number of thioether (sulfide) groups is 1. The van der Waals surface area contributed by atoms with Crippen LogP contribution in [-0.2, 0) is 14.3 Å². The Balaban J connectivity index is 2.59. The van der Waals surface area contributed by atoms with Crippen molar-refractivity contribution in [3.8, 4) is 5.75 Å². The van der Waals surface area contributed by atoms with Crippen LogP contribution in [-0.4, -0.2) is 35.7 Å². The number of rotatable bonds is 5. The van der Waals surface area contributed by atoms with Gasteiger partial charge in [-0.25, -0.2) is 9.79 Å². The third-order valence-electron chi connectivity index (χ3n) is 3.43. The highest BCUT2D eigenvalue weighted by Gasteiger charge is 2.34. The van der Waals surface area contributed by atoms with Crippen LogP contribution in [0.5, 0.6) is 5.75 Å². The van der Waals surface area contributed by atoms with Gasteiger partial charge in [-0.3, -0.25) is 4.79 Å². The van der Waals surface area contributed by atoms with E-state index in [1.807, 2.05) is 6.07 Å². The standard InChI is InChI=1S/C18H17Br2NO5S/c1-4-13(22)21-17-14(18(24)26-5-2)15(23)12(27-17)7-9-6-10(19)8-11(20)16(9)25-3/h6-8,23H,4-5H2,1-3H3/b12-7-,21-17?. The molecule has 27 heavy (non-hydrogen) atoms. The maximum absolute atomic E-state index is 12.3. The normalized spacial score (nSPS) is 16.9. The van der Waals surface area contributed by atoms with Gasteiger partial charge >= 0.3 is 5.97 Å². The number of esters is 1. The van der Waals surface area contributed by atoms with E-state index in [-0.39, 0.29) is 29.4 Å². The molecule has 1 aromatic rings. The van der Waals surface area contributed by atoms with Crippen LogP contribution < -0.4 is 4.74 Å². The number of hydrogen-bond donors (Lipinski definition) is 1. The Labute approximate surface area is 178 Å². The maximum Gasteiger partial charge on any atom is 0.344 e. The van der Waals surface area contributed by atoms with Crippen molar-refractivity contribution in [2.75, 3.05) is 13.7 Å². The minimum Gasteiger partial charge on any atom is -0.506 e. The summed E-state index contributed by atoms with van der Waals surface area (Å²) in [5.41, 5.74) is 0.557. The highest BCUT2D eigenvalue weighted by atomic mass is 79.9. The molecule has 144 valence electrons. The topological polar surface area (TPSA) is 85.2 Å². The van der Waals surface area contributed by atoms with Gasteiger partial charge < -0.3 is 14.6 Å². The summed E-state index contributed by atoms with van der Waals surface area (Å²) in [6, 6.07) is 3.63. The minimum atomic E-state index is -0.726. The fourth-order valence-electron chi connectivity index (χ4n) is 2.23. The number of amides is 1. The van der Waals surface area contributed by atoms with Crippen LogP contribution in [0.15, 0.2) is 42.3 Å². The lowest BCUT2D eigenvalue weighted by molar-refractivity contribution is -0.138. The Bertz CT molecular complexity index is 877. The molecular weight excluding hydrogens is 502 g/mol. The zero-order chi connectivity index (χ0) is 20.1. The van der Waals surface area contributed by atoms with E-state index in [1.165, 1.54) is 7.11 Å². The summed E-state index contributed by atoms with van der Waals surface area (Å²) in [7, 11) is 1.53. The number of methoxy groups -OCH3 is 1. The lowest BCUT2D eigenvalue weighted by Gasteiger charge is -2.09. The highest BCUT2D eigenvalue weighted by Crippen LogP contribution is 2.42. The molecular formula is C18H17Br2NO5S. The van der Waals surface area contributed by atoms with E-state index in [4.69, 9.17) is 9.47 Å². The molecule has 0 aliphatic carbocycles. The van der Waals surface area contributed by atoms with Gasteiger partial charge in [-0.1, -0.05) is 34.6 Å². The van der Waals surface area contributed by atoms with E-state index in [2.05, 4.69) is 36.9 Å². The van der Waals surface area contributed by atoms with Crippen molar-refractivity contribution in [3.63, 3.8) is 0 Å². The van der Waals surface area contributed by atoms with Gasteiger partial charge in [-0.15, -0.1) is 0 Å². The fourth-order valence-corrected chi connectivity index (χ4v) is 4.67. The summed E-state index contributed by atoms with van der Waals surface area (Å²) >= 11 is 7.87. The van der Waals surface area contributed by atoms with Crippen LogP contribution in [0.4, 0.5) is 0 Å². The Hall–Kier alpha value is -1.58. The quantitative estimate of drug-likeness (QED) is 0.551. The summed E-state index contributed by atoms with van der Waals surface area (Å²) in [6.07, 6.45) is 1.85. The Kier molecular flexibility index (Phi) is 7.69. The smallest absolute Gasteiger partial charge is 0.344 e. The lowest BCUT2D eigenvalue weighted by Crippen LogP contribution is -2.14. The summed E-state index contributed by atoms with van der Waals surface area (Å²) < 4.78 is 11.9. The predicted molar refractivity (Wildman–Crippen MR) is 113 cm³/mol. The van der Waals surface area contributed by atoms with Crippen LogP contribution in [0.3, 0.4) is 0 Å². The molecule has 6 nitrogen and oxygen atoms in total. The second-order valence-corrected chi connectivity index (χ2v) is 8.03. The third-order valence-corrected chi connectivity index (χ3v) is 5.49. The second-order valence-electron chi connectivity index (χ2n) is 5.23. The number of aliphatic hydroxyl groups is 1. The number of halogens is 2. The molecule has 0 spiro atoms. The largest absolute Gasteiger partial charge is 0.506 e. The van der Waals surface area contributed by atoms with E-state index in [0.29, 0.717) is 16.2 Å². The number of aliphatic imine (C=N–C) groups is 1. The van der Waals surface area contributed by atoms with Gasteiger partial charge in [0, 0.05) is 16.5 Å². The lowest BCUT2D eigenvalue weighted by atomic mass is 10.1. The molecule has 1 aromatic carbocycles. The SMILES string of the molecule is CCOC(=O)C1=C(O)/C(=C/c2cc(Br)cc(Br)c2OC)SC1=NC(=O)CC. The first-order chi connectivity index (χ1) is 12.8. The van der Waals surface area contributed by atoms with Crippen molar-refractivity contribution >= 4 is 66.6 Å². The Morgan fingerprint density at radius 3 is 2.59 bits per heavy atom. The van der Waals surface area contributed by atoms with Gasteiger partial charge in [-0.2, -0.15) is 0 Å². The number of hydrogen-bond acceptors (Lipinski definition) is 6. The molecule has 0 saturated carbocycles. The Morgan fingerprint density at radius 2 is 2.00 bits per heavy atom. The first-order valence-corrected chi connectivity index (χ1v) is 10.4. The van der Waals surface area contributed by atoms with Crippen LogP contribution in [0.2, 0.25) is 0 Å². The first kappa shape index (κ1) is 21.7. The monoisotopic (exact) mass is 517 g/mol. The molecule has 1 aliphatic heterocycles. The highest BCUT2D eigenvalue weighted by molar-refractivity contribution is 9.11. The molecule has 0 aromatic heterocycles. The van der Waals surface area contributed by atoms with Gasteiger partial charge in [0.2, 0.25) is 5.91 Å². The Morgan fingerprint density at radius 1 is 1.30 bits per heavy atom. The molecule has 0 radical (unpaired) electrons. The maximum atomic E-state index is 12.3. The van der Waals surface area contributed by atoms with Crippen molar-refractivity contribution in [2.45, 2.75) is 20.3 Å². The van der Waals surface area contributed by atoms with E-state index >= 15 is 0 Å². The number of aliphatic hydroxyl groups excluding tert-OH is 1. The summed E-state index contributed by atoms with van der Waals surface area (Å²) in [5.74, 6) is -0.835. The molecule has 0 unspecified atom stereocenters. The van der Waals surface area contributed by atoms with Gasteiger partial charge in [0.15, 0.2) is 0 Å². The zero-order valence-electron chi connectivity index (χ0n) is 14.8. The van der Waals surface area contributed by atoms with Crippen molar-refractivity contribution in [1.82, 2.24) is 0 Å². The number of benzene rings is 1.